The first-order valence-electron chi connectivity index (χ1n) is 8.71. The van der Waals surface area contributed by atoms with Crippen LogP contribution in [0.2, 0.25) is 0 Å². The summed E-state index contributed by atoms with van der Waals surface area (Å²) in [5.74, 6) is 2.47. The maximum Gasteiger partial charge on any atom is 0.238 e. The predicted octanol–water partition coefficient (Wildman–Crippen LogP) is 3.15. The number of rotatable bonds is 8. The molecule has 1 heterocycles. The molecule has 0 bridgehead atoms. The van der Waals surface area contributed by atoms with Crippen molar-refractivity contribution in [3.05, 3.63) is 60.5 Å². The Hall–Kier alpha value is -3.68. The van der Waals surface area contributed by atoms with Crippen molar-refractivity contribution in [3.63, 3.8) is 0 Å². The van der Waals surface area contributed by atoms with Gasteiger partial charge in [-0.15, -0.1) is 12.3 Å². The van der Waals surface area contributed by atoms with Crippen molar-refractivity contribution in [1.82, 2.24) is 9.97 Å². The summed E-state index contributed by atoms with van der Waals surface area (Å²) in [5, 5.41) is 10.8. The van der Waals surface area contributed by atoms with Gasteiger partial charge in [-0.25, -0.2) is 22.9 Å². The molecule has 2 aromatic carbocycles. The highest BCUT2D eigenvalue weighted by molar-refractivity contribution is 7.89. The van der Waals surface area contributed by atoms with E-state index in [1.165, 1.54) is 18.2 Å². The molecule has 10 heteroatoms. The lowest BCUT2D eigenvalue weighted by Gasteiger charge is -2.11. The van der Waals surface area contributed by atoms with E-state index in [2.05, 4.69) is 26.5 Å². The monoisotopic (exact) mass is 427 g/mol. The Bertz CT molecular complexity index is 1180. The Morgan fingerprint density at radius 3 is 2.60 bits per heavy atom. The van der Waals surface area contributed by atoms with E-state index in [0.717, 1.165) is 6.20 Å². The fraction of sp³-hybridized carbons (Fsp3) is 0.100. The van der Waals surface area contributed by atoms with Crippen LogP contribution in [-0.4, -0.2) is 25.0 Å². The number of primary sulfonamides is 1. The molecule has 3 aromatic rings. The van der Waals surface area contributed by atoms with Gasteiger partial charge in [0, 0.05) is 17.8 Å². The Kier molecular flexibility index (Phi) is 6.46. The summed E-state index contributed by atoms with van der Waals surface area (Å²) >= 11 is 0. The van der Waals surface area contributed by atoms with Crippen LogP contribution in [0.3, 0.4) is 0 Å². The molecule has 0 saturated heterocycles. The number of aromatic nitrogens is 2. The van der Waals surface area contributed by atoms with Crippen LogP contribution >= 0.6 is 0 Å². The summed E-state index contributed by atoms with van der Waals surface area (Å²) in [6.45, 7) is 0.408. The van der Waals surface area contributed by atoms with Gasteiger partial charge in [0.05, 0.1) is 17.7 Å². The van der Waals surface area contributed by atoms with Crippen LogP contribution in [0, 0.1) is 18.2 Å². The molecule has 0 aliphatic heterocycles. The van der Waals surface area contributed by atoms with Gasteiger partial charge in [0.15, 0.2) is 11.6 Å². The molecular formula is C20H18FN5O3S. The van der Waals surface area contributed by atoms with E-state index in [1.54, 1.807) is 30.3 Å². The molecule has 0 saturated carbocycles. The van der Waals surface area contributed by atoms with E-state index in [9.17, 15) is 12.8 Å². The van der Waals surface area contributed by atoms with E-state index in [1.807, 2.05) is 0 Å². The van der Waals surface area contributed by atoms with Gasteiger partial charge in [-0.2, -0.15) is 4.98 Å². The number of ether oxygens (including phenoxy) is 1. The van der Waals surface area contributed by atoms with Crippen molar-refractivity contribution in [3.8, 4) is 18.1 Å². The van der Waals surface area contributed by atoms with Gasteiger partial charge in [-0.3, -0.25) is 0 Å². The molecule has 1 aromatic heterocycles. The van der Waals surface area contributed by atoms with Crippen molar-refractivity contribution in [1.29, 1.82) is 0 Å². The number of nitrogens with two attached hydrogens (primary N) is 1. The van der Waals surface area contributed by atoms with E-state index >= 15 is 0 Å². The SMILES string of the molecule is C#CCCOc1ccc(Nc2nc(Nc3cccc(S(N)(=O)=O)c3)ncc2F)cc1. The first-order chi connectivity index (χ1) is 14.3. The zero-order valence-electron chi connectivity index (χ0n) is 15.7. The molecule has 154 valence electrons. The van der Waals surface area contributed by atoms with E-state index < -0.39 is 15.8 Å². The van der Waals surface area contributed by atoms with Crippen molar-refractivity contribution < 1.29 is 17.5 Å². The van der Waals surface area contributed by atoms with Gasteiger partial charge in [0.2, 0.25) is 16.0 Å². The summed E-state index contributed by atoms with van der Waals surface area (Å²) in [4.78, 5) is 7.89. The summed E-state index contributed by atoms with van der Waals surface area (Å²) in [7, 11) is -3.86. The number of benzene rings is 2. The third kappa shape index (κ3) is 5.66. The van der Waals surface area contributed by atoms with Gasteiger partial charge in [-0.1, -0.05) is 6.07 Å². The average Bonchev–Trinajstić information content (AvgIpc) is 2.71. The first-order valence-corrected chi connectivity index (χ1v) is 10.3. The van der Waals surface area contributed by atoms with Gasteiger partial charge in [-0.05, 0) is 42.5 Å². The number of nitrogens with one attached hydrogen (secondary N) is 2. The Morgan fingerprint density at radius 1 is 1.13 bits per heavy atom. The maximum atomic E-state index is 14.1. The molecule has 0 radical (unpaired) electrons. The zero-order chi connectivity index (χ0) is 21.6. The molecule has 3 rings (SSSR count). The van der Waals surface area contributed by atoms with Crippen LogP contribution in [0.4, 0.5) is 27.5 Å². The molecule has 8 nitrogen and oxygen atoms in total. The Morgan fingerprint density at radius 2 is 1.90 bits per heavy atom. The molecular weight excluding hydrogens is 409 g/mol. The van der Waals surface area contributed by atoms with Gasteiger partial charge in [0.1, 0.15) is 5.75 Å². The Labute approximate surface area is 173 Å². The third-order valence-electron chi connectivity index (χ3n) is 3.79. The molecule has 0 amide bonds. The molecule has 4 N–H and O–H groups in total. The fourth-order valence-corrected chi connectivity index (χ4v) is 2.95. The minimum atomic E-state index is -3.86. The first kappa shape index (κ1) is 21.0. The minimum absolute atomic E-state index is 0.0592. The smallest absolute Gasteiger partial charge is 0.238 e. The molecule has 0 atom stereocenters. The lowest BCUT2D eigenvalue weighted by Crippen LogP contribution is -2.12. The average molecular weight is 427 g/mol. The number of hydrogen-bond acceptors (Lipinski definition) is 7. The third-order valence-corrected chi connectivity index (χ3v) is 4.71. The molecule has 0 aliphatic carbocycles. The number of halogens is 1. The predicted molar refractivity (Wildman–Crippen MR) is 112 cm³/mol. The highest BCUT2D eigenvalue weighted by Crippen LogP contribution is 2.23. The van der Waals surface area contributed by atoms with Crippen LogP contribution in [0.25, 0.3) is 0 Å². The fourth-order valence-electron chi connectivity index (χ4n) is 2.39. The van der Waals surface area contributed by atoms with Crippen LogP contribution in [0.15, 0.2) is 59.6 Å². The van der Waals surface area contributed by atoms with E-state index in [-0.39, 0.29) is 16.7 Å². The lowest BCUT2D eigenvalue weighted by atomic mass is 10.3. The second-order valence-electron chi connectivity index (χ2n) is 6.04. The standard InChI is InChI=1S/C20H18FN5O3S/c1-2-3-11-29-16-9-7-14(8-10-16)24-19-18(21)13-23-20(26-19)25-15-5-4-6-17(12-15)30(22,27)28/h1,4-10,12-13H,3,11H2,(H2,22,27,28)(H2,23,24,25,26). The molecule has 30 heavy (non-hydrogen) atoms. The number of sulfonamides is 1. The number of hydrogen-bond donors (Lipinski definition) is 3. The number of anilines is 4. The van der Waals surface area contributed by atoms with Gasteiger partial charge < -0.3 is 15.4 Å². The molecule has 0 aliphatic rings. The van der Waals surface area contributed by atoms with Crippen molar-refractivity contribution in [2.45, 2.75) is 11.3 Å². The highest BCUT2D eigenvalue weighted by atomic mass is 32.2. The van der Waals surface area contributed by atoms with Crippen LogP contribution in [0.5, 0.6) is 5.75 Å². The normalized spacial score (nSPS) is 10.8. The molecule has 0 unspecified atom stereocenters. The number of nitrogens with zero attached hydrogens (tertiary/aromatic N) is 2. The zero-order valence-corrected chi connectivity index (χ0v) is 16.5. The van der Waals surface area contributed by atoms with Crippen molar-refractivity contribution in [2.75, 3.05) is 17.2 Å². The van der Waals surface area contributed by atoms with Crippen LogP contribution < -0.4 is 20.5 Å². The number of terminal acetylenes is 1. The van der Waals surface area contributed by atoms with Crippen LogP contribution in [0.1, 0.15) is 6.42 Å². The summed E-state index contributed by atoms with van der Waals surface area (Å²) in [5.41, 5.74) is 0.964. The van der Waals surface area contributed by atoms with E-state index in [4.69, 9.17) is 16.3 Å². The maximum absolute atomic E-state index is 14.1. The van der Waals surface area contributed by atoms with Crippen molar-refractivity contribution >= 4 is 33.2 Å². The summed E-state index contributed by atoms with van der Waals surface area (Å²) in [6, 6.07) is 12.6. The van der Waals surface area contributed by atoms with E-state index in [0.29, 0.717) is 30.2 Å². The highest BCUT2D eigenvalue weighted by Gasteiger charge is 2.11. The summed E-state index contributed by atoms with van der Waals surface area (Å²) in [6.07, 6.45) is 6.68. The van der Waals surface area contributed by atoms with Gasteiger partial charge >= 0.3 is 0 Å². The molecule has 0 fully saturated rings. The van der Waals surface area contributed by atoms with Crippen LogP contribution in [-0.2, 0) is 10.0 Å². The Balaban J connectivity index is 1.74. The van der Waals surface area contributed by atoms with Gasteiger partial charge in [0.25, 0.3) is 0 Å². The minimum Gasteiger partial charge on any atom is -0.493 e. The second-order valence-corrected chi connectivity index (χ2v) is 7.60. The second kappa shape index (κ2) is 9.21. The largest absolute Gasteiger partial charge is 0.493 e. The van der Waals surface area contributed by atoms with Crippen molar-refractivity contribution in [2.24, 2.45) is 5.14 Å². The molecule has 0 spiro atoms. The lowest BCUT2D eigenvalue weighted by molar-refractivity contribution is 0.327. The summed E-state index contributed by atoms with van der Waals surface area (Å²) < 4.78 is 42.6. The quantitative estimate of drug-likeness (QED) is 0.373. The topological polar surface area (TPSA) is 119 Å².